The van der Waals surface area contributed by atoms with Crippen LogP contribution in [0.15, 0.2) is 65.7 Å². The Balaban J connectivity index is 2.26. The van der Waals surface area contributed by atoms with Crippen molar-refractivity contribution in [3.05, 3.63) is 71.8 Å². The molecule has 2 rings (SSSR count). The van der Waals surface area contributed by atoms with E-state index in [0.29, 0.717) is 17.7 Å². The lowest BCUT2D eigenvalue weighted by Gasteiger charge is -2.22. The van der Waals surface area contributed by atoms with Gasteiger partial charge in [0.05, 0.1) is 12.3 Å². The highest BCUT2D eigenvalue weighted by atomic mass is 16.5. The number of amides is 1. The molecule has 0 unspecified atom stereocenters. The van der Waals surface area contributed by atoms with E-state index in [9.17, 15) is 14.7 Å². The third kappa shape index (κ3) is 6.03. The van der Waals surface area contributed by atoms with Crippen molar-refractivity contribution in [1.82, 2.24) is 0 Å². The van der Waals surface area contributed by atoms with E-state index in [1.807, 2.05) is 36.4 Å². The molecular weight excluding hydrogens is 358 g/mol. The highest BCUT2D eigenvalue weighted by Crippen LogP contribution is 2.19. The second kappa shape index (κ2) is 11.0. The van der Waals surface area contributed by atoms with Gasteiger partial charge in [-0.05, 0) is 24.5 Å². The van der Waals surface area contributed by atoms with Crippen LogP contribution in [0, 0.1) is 5.92 Å². The summed E-state index contributed by atoms with van der Waals surface area (Å²) in [6, 6.07) is 18.2. The smallest absolute Gasteiger partial charge is 0.434 e. The molecule has 6 nitrogen and oxygen atoms in total. The first kappa shape index (κ1) is 21.3. The summed E-state index contributed by atoms with van der Waals surface area (Å²) < 4.78 is 10.2. The molecule has 0 radical (unpaired) electrons. The van der Waals surface area contributed by atoms with Crippen LogP contribution in [0.25, 0.3) is 0 Å². The Morgan fingerprint density at radius 2 is 1.57 bits per heavy atom. The molecule has 2 aromatic rings. The molecule has 0 saturated carbocycles. The van der Waals surface area contributed by atoms with Gasteiger partial charge in [-0.25, -0.2) is 9.59 Å². The summed E-state index contributed by atoms with van der Waals surface area (Å²) >= 11 is 0. The van der Waals surface area contributed by atoms with Crippen LogP contribution < -0.4 is 0 Å². The zero-order valence-electron chi connectivity index (χ0n) is 16.1. The monoisotopic (exact) mass is 383 g/mol. The summed E-state index contributed by atoms with van der Waals surface area (Å²) in [5.41, 5.74) is 1.77. The molecule has 6 heteroatoms. The fourth-order valence-corrected chi connectivity index (χ4v) is 2.78. The van der Waals surface area contributed by atoms with E-state index >= 15 is 0 Å². The number of esters is 1. The summed E-state index contributed by atoms with van der Waals surface area (Å²) in [5, 5.41) is 10.5. The predicted octanol–water partition coefficient (Wildman–Crippen LogP) is 3.76. The number of carbonyl (C=O) groups excluding carboxylic acids is 2. The molecule has 148 valence electrons. The van der Waals surface area contributed by atoms with E-state index in [1.54, 1.807) is 38.1 Å². The van der Waals surface area contributed by atoms with E-state index in [0.717, 1.165) is 5.56 Å². The Morgan fingerprint density at radius 3 is 2.14 bits per heavy atom. The summed E-state index contributed by atoms with van der Waals surface area (Å²) in [5.74, 6) is -1.44. The van der Waals surface area contributed by atoms with Gasteiger partial charge in [-0.1, -0.05) is 67.6 Å². The zero-order chi connectivity index (χ0) is 20.4. The van der Waals surface area contributed by atoms with Crippen molar-refractivity contribution in [2.45, 2.75) is 33.0 Å². The van der Waals surface area contributed by atoms with Crippen molar-refractivity contribution in [1.29, 1.82) is 0 Å². The average Bonchev–Trinajstić information content (AvgIpc) is 2.73. The van der Waals surface area contributed by atoms with Gasteiger partial charge in [0.15, 0.2) is 6.10 Å². The van der Waals surface area contributed by atoms with Gasteiger partial charge >= 0.3 is 12.1 Å². The lowest BCUT2D eigenvalue weighted by atomic mass is 9.89. The van der Waals surface area contributed by atoms with Gasteiger partial charge in [-0.3, -0.25) is 0 Å². The van der Waals surface area contributed by atoms with Crippen LogP contribution in [0.1, 0.15) is 31.4 Å². The lowest BCUT2D eigenvalue weighted by Crippen LogP contribution is -2.36. The van der Waals surface area contributed by atoms with Crippen molar-refractivity contribution in [3.63, 3.8) is 0 Å². The minimum atomic E-state index is -1.43. The molecule has 0 aliphatic rings. The largest absolute Gasteiger partial charge is 0.464 e. The maximum Gasteiger partial charge on any atom is 0.434 e. The van der Waals surface area contributed by atoms with Crippen molar-refractivity contribution in [2.75, 3.05) is 6.61 Å². The molecule has 2 aromatic carbocycles. The summed E-state index contributed by atoms with van der Waals surface area (Å²) in [6.07, 6.45) is -1.82. The van der Waals surface area contributed by atoms with Crippen molar-refractivity contribution >= 4 is 17.8 Å². The Bertz CT molecular complexity index is 789. The van der Waals surface area contributed by atoms with E-state index < -0.39 is 24.1 Å². The zero-order valence-corrected chi connectivity index (χ0v) is 16.1. The molecule has 0 heterocycles. The number of aliphatic hydroxyl groups excluding tert-OH is 1. The highest BCUT2D eigenvalue weighted by molar-refractivity contribution is 6.08. The van der Waals surface area contributed by atoms with Crippen molar-refractivity contribution < 1.29 is 24.2 Å². The standard InChI is InChI=1S/C22H25NO5/c1-3-18(20(24)21(25)27-4-2)19(17-13-9-6-10-14-17)23-22(26)28-15-16-11-7-5-8-12-16/h5-14,18,20,24H,3-4,15H2,1-2H3/b23-19+/t18-,20-/m0/s1. The Kier molecular flexibility index (Phi) is 8.37. The van der Waals surface area contributed by atoms with Crippen LogP contribution in [0.5, 0.6) is 0 Å². The Hall–Kier alpha value is -2.99. The number of aliphatic hydroxyl groups is 1. The topological polar surface area (TPSA) is 85.2 Å². The fraction of sp³-hybridized carbons (Fsp3) is 0.318. The summed E-state index contributed by atoms with van der Waals surface area (Å²) in [7, 11) is 0. The molecule has 2 atom stereocenters. The first-order chi connectivity index (χ1) is 13.6. The molecule has 0 aliphatic carbocycles. The summed E-state index contributed by atoms with van der Waals surface area (Å²) in [6.45, 7) is 3.71. The SMILES string of the molecule is CCOC(=O)[C@@H](O)[C@@H](CC)/C(=N/C(=O)OCc1ccccc1)c1ccccc1. The number of carbonyl (C=O) groups is 2. The molecule has 0 fully saturated rings. The molecule has 1 N–H and O–H groups in total. The maximum atomic E-state index is 12.3. The first-order valence-electron chi connectivity index (χ1n) is 9.26. The third-order valence-corrected chi connectivity index (χ3v) is 4.19. The van der Waals surface area contributed by atoms with Gasteiger partial charge in [0.25, 0.3) is 0 Å². The average molecular weight is 383 g/mol. The van der Waals surface area contributed by atoms with Gasteiger partial charge in [0.1, 0.15) is 6.61 Å². The van der Waals surface area contributed by atoms with Crippen LogP contribution in [0.4, 0.5) is 4.79 Å². The van der Waals surface area contributed by atoms with Crippen LogP contribution in [0.3, 0.4) is 0 Å². The summed E-state index contributed by atoms with van der Waals surface area (Å²) in [4.78, 5) is 28.4. The number of hydrogen-bond donors (Lipinski definition) is 1. The molecular formula is C22H25NO5. The first-order valence-corrected chi connectivity index (χ1v) is 9.26. The van der Waals surface area contributed by atoms with Gasteiger partial charge in [-0.15, -0.1) is 0 Å². The number of benzene rings is 2. The minimum Gasteiger partial charge on any atom is -0.464 e. The second-order valence-electron chi connectivity index (χ2n) is 6.11. The quantitative estimate of drug-likeness (QED) is 0.554. The molecule has 0 aliphatic heterocycles. The van der Waals surface area contributed by atoms with E-state index in [1.165, 1.54) is 0 Å². The van der Waals surface area contributed by atoms with Crippen molar-refractivity contribution in [3.8, 4) is 0 Å². The van der Waals surface area contributed by atoms with Gasteiger partial charge in [0.2, 0.25) is 0 Å². The van der Waals surface area contributed by atoms with Gasteiger partial charge in [-0.2, -0.15) is 4.99 Å². The Morgan fingerprint density at radius 1 is 0.964 bits per heavy atom. The van der Waals surface area contributed by atoms with Crippen LogP contribution in [-0.2, 0) is 20.9 Å². The highest BCUT2D eigenvalue weighted by Gasteiger charge is 2.31. The molecule has 0 bridgehead atoms. The minimum absolute atomic E-state index is 0.0858. The van der Waals surface area contributed by atoms with Gasteiger partial charge in [0, 0.05) is 5.92 Å². The normalized spacial score (nSPS) is 13.5. The maximum absolute atomic E-state index is 12.3. The molecule has 0 aromatic heterocycles. The van der Waals surface area contributed by atoms with E-state index in [4.69, 9.17) is 9.47 Å². The second-order valence-corrected chi connectivity index (χ2v) is 6.11. The van der Waals surface area contributed by atoms with Crippen LogP contribution >= 0.6 is 0 Å². The van der Waals surface area contributed by atoms with E-state index in [-0.39, 0.29) is 13.2 Å². The van der Waals surface area contributed by atoms with Crippen LogP contribution in [0.2, 0.25) is 0 Å². The third-order valence-electron chi connectivity index (χ3n) is 4.19. The van der Waals surface area contributed by atoms with Crippen molar-refractivity contribution in [2.24, 2.45) is 10.9 Å². The Labute approximate surface area is 164 Å². The number of rotatable bonds is 8. The van der Waals surface area contributed by atoms with E-state index in [2.05, 4.69) is 4.99 Å². The fourth-order valence-electron chi connectivity index (χ4n) is 2.78. The predicted molar refractivity (Wildman–Crippen MR) is 106 cm³/mol. The molecule has 28 heavy (non-hydrogen) atoms. The van der Waals surface area contributed by atoms with Gasteiger partial charge < -0.3 is 14.6 Å². The number of ether oxygens (including phenoxy) is 2. The molecule has 0 spiro atoms. The number of hydrogen-bond acceptors (Lipinski definition) is 5. The molecule has 0 saturated heterocycles. The molecule has 1 amide bonds. The lowest BCUT2D eigenvalue weighted by molar-refractivity contribution is -0.154. The van der Waals surface area contributed by atoms with Crippen LogP contribution in [-0.4, -0.2) is 35.6 Å². The number of nitrogens with zero attached hydrogens (tertiary/aromatic N) is 1. The number of aliphatic imine (C=N–C) groups is 1.